The molecule has 9 heteroatoms. The molecule has 2 rings (SSSR count). The normalized spacial score (nSPS) is 26.9. The Balaban J connectivity index is 0.000000246. The van der Waals surface area contributed by atoms with Crippen LogP contribution in [-0.2, 0) is 9.59 Å². The van der Waals surface area contributed by atoms with Gasteiger partial charge in [0.05, 0.1) is 5.92 Å². The molecule has 4 N–H and O–H groups in total. The Morgan fingerprint density at radius 2 is 1.85 bits per heavy atom. The molecule has 2 saturated heterocycles. The molecule has 0 radical (unpaired) electrons. The summed E-state index contributed by atoms with van der Waals surface area (Å²) in [5, 5.41) is 10.3. The molecule has 6 nitrogen and oxygen atoms in total. The zero-order chi connectivity index (χ0) is 15.3. The molecule has 20 heavy (non-hydrogen) atoms. The number of alkyl halides is 3. The summed E-state index contributed by atoms with van der Waals surface area (Å²) >= 11 is 0. The van der Waals surface area contributed by atoms with E-state index in [4.69, 9.17) is 15.6 Å². The molecule has 0 aromatic heterocycles. The number of carboxylic acid groups (broad SMARTS) is 1. The van der Waals surface area contributed by atoms with E-state index in [1.165, 1.54) is 6.42 Å². The number of carboxylic acids is 1. The molecule has 2 heterocycles. The van der Waals surface area contributed by atoms with Gasteiger partial charge in [-0.05, 0) is 32.5 Å². The average Bonchev–Trinajstić information content (AvgIpc) is 2.26. The van der Waals surface area contributed by atoms with Gasteiger partial charge in [-0.15, -0.1) is 0 Å². The van der Waals surface area contributed by atoms with Gasteiger partial charge in [-0.1, -0.05) is 0 Å². The number of carbonyl (C=O) groups excluding carboxylic acids is 1. The van der Waals surface area contributed by atoms with E-state index in [9.17, 15) is 18.0 Å². The summed E-state index contributed by atoms with van der Waals surface area (Å²) in [7, 11) is 0. The maximum atomic E-state index is 11.2. The van der Waals surface area contributed by atoms with Crippen LogP contribution >= 0.6 is 0 Å². The van der Waals surface area contributed by atoms with Crippen molar-refractivity contribution >= 4 is 11.9 Å². The first-order valence-corrected chi connectivity index (χ1v) is 6.27. The molecule has 0 spiro atoms. The Morgan fingerprint density at radius 1 is 1.30 bits per heavy atom. The van der Waals surface area contributed by atoms with Crippen LogP contribution in [0.2, 0.25) is 0 Å². The topological polar surface area (TPSA) is 95.7 Å². The summed E-state index contributed by atoms with van der Waals surface area (Å²) in [5.74, 6) is -2.88. The van der Waals surface area contributed by atoms with Crippen molar-refractivity contribution in [3.63, 3.8) is 0 Å². The van der Waals surface area contributed by atoms with Crippen LogP contribution in [0.25, 0.3) is 0 Å². The second kappa shape index (κ2) is 6.89. The van der Waals surface area contributed by atoms with Crippen LogP contribution < -0.4 is 11.1 Å². The highest BCUT2D eigenvalue weighted by Crippen LogP contribution is 2.22. The fraction of sp³-hybridized carbons (Fsp3) is 0.818. The number of nitrogens with two attached hydrogens (primary N) is 1. The summed E-state index contributed by atoms with van der Waals surface area (Å²) in [4.78, 5) is 22.4. The first-order chi connectivity index (χ1) is 9.23. The second-order valence-corrected chi connectivity index (χ2v) is 4.76. The summed E-state index contributed by atoms with van der Waals surface area (Å²) < 4.78 is 31.7. The molecular weight excluding hydrogens is 279 g/mol. The van der Waals surface area contributed by atoms with Crippen molar-refractivity contribution in [2.75, 3.05) is 26.2 Å². The van der Waals surface area contributed by atoms with Crippen LogP contribution in [-0.4, -0.2) is 60.3 Å². The van der Waals surface area contributed by atoms with Crippen LogP contribution in [0.1, 0.15) is 12.8 Å². The van der Waals surface area contributed by atoms with E-state index in [0.29, 0.717) is 6.04 Å². The standard InChI is InChI=1S/C9H17N3O.C2HF3O2/c10-9(13)7-6-11-3-2-8(7)12-4-1-5-12;3-2(4,5)1(6)7/h7-8,11H,1-6H2,(H2,10,13);(H,6,7)/t7-,8+;/m0./s1. The van der Waals surface area contributed by atoms with Gasteiger partial charge >= 0.3 is 12.1 Å². The first kappa shape index (κ1) is 16.7. The lowest BCUT2D eigenvalue weighted by Crippen LogP contribution is -2.57. The van der Waals surface area contributed by atoms with Crippen molar-refractivity contribution in [2.45, 2.75) is 25.1 Å². The van der Waals surface area contributed by atoms with Gasteiger partial charge in [0, 0.05) is 12.6 Å². The highest BCUT2D eigenvalue weighted by atomic mass is 19.4. The molecule has 1 amide bonds. The predicted molar refractivity (Wildman–Crippen MR) is 63.8 cm³/mol. The van der Waals surface area contributed by atoms with Gasteiger partial charge in [0.15, 0.2) is 0 Å². The van der Waals surface area contributed by atoms with Crippen LogP contribution in [0.15, 0.2) is 0 Å². The number of nitrogens with one attached hydrogen (secondary N) is 1. The highest BCUT2D eigenvalue weighted by Gasteiger charge is 2.38. The molecule has 2 aliphatic heterocycles. The number of nitrogens with zero attached hydrogens (tertiary/aromatic N) is 1. The Morgan fingerprint density at radius 3 is 2.20 bits per heavy atom. The van der Waals surface area contributed by atoms with Gasteiger partial charge in [0.2, 0.25) is 5.91 Å². The first-order valence-electron chi connectivity index (χ1n) is 6.27. The molecule has 0 bridgehead atoms. The molecular formula is C11H18F3N3O3. The molecule has 2 fully saturated rings. The van der Waals surface area contributed by atoms with Gasteiger partial charge in [0.1, 0.15) is 0 Å². The minimum Gasteiger partial charge on any atom is -0.475 e. The minimum absolute atomic E-state index is 0.0223. The van der Waals surface area contributed by atoms with E-state index in [1.54, 1.807) is 0 Å². The lowest BCUT2D eigenvalue weighted by Gasteiger charge is -2.43. The zero-order valence-electron chi connectivity index (χ0n) is 10.8. The number of piperidine rings is 1. The quantitative estimate of drug-likeness (QED) is 0.655. The largest absolute Gasteiger partial charge is 0.490 e. The molecule has 0 aromatic carbocycles. The number of amides is 1. The van der Waals surface area contributed by atoms with E-state index >= 15 is 0 Å². The molecule has 2 atom stereocenters. The van der Waals surface area contributed by atoms with E-state index in [1.807, 2.05) is 0 Å². The second-order valence-electron chi connectivity index (χ2n) is 4.76. The van der Waals surface area contributed by atoms with Gasteiger partial charge in [-0.2, -0.15) is 13.2 Å². The molecule has 0 unspecified atom stereocenters. The summed E-state index contributed by atoms with van der Waals surface area (Å²) in [6.45, 7) is 4.07. The minimum atomic E-state index is -5.08. The van der Waals surface area contributed by atoms with Crippen molar-refractivity contribution in [3.05, 3.63) is 0 Å². The highest BCUT2D eigenvalue weighted by molar-refractivity contribution is 5.77. The number of likely N-dealkylation sites (tertiary alicyclic amines) is 1. The van der Waals surface area contributed by atoms with E-state index < -0.39 is 12.1 Å². The van der Waals surface area contributed by atoms with Crippen LogP contribution in [0.3, 0.4) is 0 Å². The number of halogens is 3. The number of aliphatic carboxylic acids is 1. The Labute approximate surface area is 114 Å². The maximum Gasteiger partial charge on any atom is 0.490 e. The SMILES string of the molecule is NC(=O)[C@H]1CNCC[C@H]1N1CCC1.O=C(O)C(F)(F)F. The zero-order valence-corrected chi connectivity index (χ0v) is 10.8. The predicted octanol–water partition coefficient (Wildman–Crippen LogP) is -0.211. The maximum absolute atomic E-state index is 11.2. The molecule has 2 aliphatic rings. The molecule has 116 valence electrons. The van der Waals surface area contributed by atoms with Crippen molar-refractivity contribution in [1.29, 1.82) is 0 Å². The van der Waals surface area contributed by atoms with Crippen molar-refractivity contribution in [1.82, 2.24) is 10.2 Å². The molecule has 0 saturated carbocycles. The summed E-state index contributed by atoms with van der Waals surface area (Å²) in [5.41, 5.74) is 5.37. The number of primary amides is 1. The number of hydrogen-bond donors (Lipinski definition) is 3. The Hall–Kier alpha value is -1.35. The number of carbonyl (C=O) groups is 2. The van der Waals surface area contributed by atoms with Crippen LogP contribution in [0.4, 0.5) is 13.2 Å². The van der Waals surface area contributed by atoms with Crippen LogP contribution in [0.5, 0.6) is 0 Å². The third-order valence-electron chi connectivity index (χ3n) is 3.41. The summed E-state index contributed by atoms with van der Waals surface area (Å²) in [6.07, 6.45) is -2.75. The Bertz CT molecular complexity index is 359. The van der Waals surface area contributed by atoms with Crippen molar-refractivity contribution in [2.24, 2.45) is 11.7 Å². The van der Waals surface area contributed by atoms with Gasteiger partial charge in [-0.25, -0.2) is 4.79 Å². The monoisotopic (exact) mass is 297 g/mol. The van der Waals surface area contributed by atoms with Gasteiger partial charge in [-0.3, -0.25) is 9.69 Å². The Kier molecular flexibility index (Phi) is 5.75. The fourth-order valence-corrected chi connectivity index (χ4v) is 2.24. The summed E-state index contributed by atoms with van der Waals surface area (Å²) in [6, 6.07) is 0.410. The van der Waals surface area contributed by atoms with E-state index in [2.05, 4.69) is 10.2 Å². The molecule has 0 aromatic rings. The molecule has 0 aliphatic carbocycles. The van der Waals surface area contributed by atoms with E-state index in [-0.39, 0.29) is 11.8 Å². The van der Waals surface area contributed by atoms with Crippen LogP contribution in [0, 0.1) is 5.92 Å². The number of hydrogen-bond acceptors (Lipinski definition) is 4. The third-order valence-corrected chi connectivity index (χ3v) is 3.41. The fourth-order valence-electron chi connectivity index (χ4n) is 2.24. The van der Waals surface area contributed by atoms with Crippen molar-refractivity contribution in [3.8, 4) is 0 Å². The lowest BCUT2D eigenvalue weighted by molar-refractivity contribution is -0.192. The average molecular weight is 297 g/mol. The smallest absolute Gasteiger partial charge is 0.475 e. The third kappa shape index (κ3) is 4.64. The van der Waals surface area contributed by atoms with Gasteiger partial charge in [0.25, 0.3) is 0 Å². The lowest BCUT2D eigenvalue weighted by atomic mass is 9.89. The van der Waals surface area contributed by atoms with E-state index in [0.717, 1.165) is 32.6 Å². The number of rotatable bonds is 2. The van der Waals surface area contributed by atoms with Gasteiger partial charge < -0.3 is 16.2 Å². The van der Waals surface area contributed by atoms with Crippen molar-refractivity contribution < 1.29 is 27.9 Å².